The van der Waals surface area contributed by atoms with Crippen molar-refractivity contribution < 1.29 is 4.79 Å². The molecular formula is C15H20N4OS. The molecule has 0 aliphatic rings. The smallest absolute Gasteiger partial charge is 0.319 e. The average molecular weight is 304 g/mol. The van der Waals surface area contributed by atoms with E-state index in [-0.39, 0.29) is 6.03 Å². The van der Waals surface area contributed by atoms with Crippen LogP contribution in [0.3, 0.4) is 0 Å². The van der Waals surface area contributed by atoms with Crippen LogP contribution >= 0.6 is 11.3 Å². The summed E-state index contributed by atoms with van der Waals surface area (Å²) in [7, 11) is 2.02. The van der Waals surface area contributed by atoms with E-state index in [1.165, 1.54) is 0 Å². The van der Waals surface area contributed by atoms with E-state index in [2.05, 4.69) is 27.4 Å². The van der Waals surface area contributed by atoms with Gasteiger partial charge in [-0.3, -0.25) is 0 Å². The first-order valence-electron chi connectivity index (χ1n) is 6.92. The highest BCUT2D eigenvalue weighted by molar-refractivity contribution is 7.07. The molecule has 0 radical (unpaired) electrons. The van der Waals surface area contributed by atoms with Gasteiger partial charge in [0.2, 0.25) is 0 Å². The monoisotopic (exact) mass is 304 g/mol. The van der Waals surface area contributed by atoms with E-state index in [1.807, 2.05) is 36.7 Å². The Morgan fingerprint density at radius 1 is 1.43 bits per heavy atom. The highest BCUT2D eigenvalue weighted by Gasteiger charge is 2.04. The van der Waals surface area contributed by atoms with Crippen LogP contribution in [0.25, 0.3) is 0 Å². The Hall–Kier alpha value is -2.08. The van der Waals surface area contributed by atoms with Crippen LogP contribution in [0.2, 0.25) is 0 Å². The fourth-order valence-corrected chi connectivity index (χ4v) is 2.44. The molecule has 1 aromatic heterocycles. The summed E-state index contributed by atoms with van der Waals surface area (Å²) in [5.41, 5.74) is 4.68. The van der Waals surface area contributed by atoms with Crippen LogP contribution in [0, 0.1) is 0 Å². The predicted molar refractivity (Wildman–Crippen MR) is 88.2 cm³/mol. The Kier molecular flexibility index (Phi) is 5.57. The molecule has 2 amide bonds. The van der Waals surface area contributed by atoms with Gasteiger partial charge >= 0.3 is 6.03 Å². The molecule has 0 saturated heterocycles. The maximum atomic E-state index is 11.8. The number of hydrogen-bond donors (Lipinski definition) is 2. The summed E-state index contributed by atoms with van der Waals surface area (Å²) < 4.78 is 0. The molecule has 0 saturated carbocycles. The van der Waals surface area contributed by atoms with E-state index >= 15 is 0 Å². The molecule has 1 aromatic carbocycles. The van der Waals surface area contributed by atoms with Gasteiger partial charge in [0.15, 0.2) is 0 Å². The topological polar surface area (TPSA) is 57.3 Å². The molecule has 0 aliphatic carbocycles. The van der Waals surface area contributed by atoms with Gasteiger partial charge in [-0.25, -0.2) is 9.78 Å². The number of amides is 2. The first kappa shape index (κ1) is 15.3. The quantitative estimate of drug-likeness (QED) is 0.862. The molecule has 21 heavy (non-hydrogen) atoms. The molecule has 0 atom stereocenters. The number of nitrogens with one attached hydrogen (secondary N) is 2. The second-order valence-corrected chi connectivity index (χ2v) is 5.39. The van der Waals surface area contributed by atoms with Gasteiger partial charge in [-0.05, 0) is 25.1 Å². The van der Waals surface area contributed by atoms with Crippen molar-refractivity contribution in [2.24, 2.45) is 0 Å². The number of rotatable bonds is 6. The van der Waals surface area contributed by atoms with Gasteiger partial charge in [0.1, 0.15) is 0 Å². The van der Waals surface area contributed by atoms with E-state index in [0.717, 1.165) is 30.0 Å². The number of anilines is 2. The number of nitrogens with zero attached hydrogens (tertiary/aromatic N) is 2. The van der Waals surface area contributed by atoms with Crippen molar-refractivity contribution in [1.82, 2.24) is 10.3 Å². The van der Waals surface area contributed by atoms with Crippen molar-refractivity contribution in [2.45, 2.75) is 13.3 Å². The molecule has 6 heteroatoms. The van der Waals surface area contributed by atoms with Gasteiger partial charge in [0.25, 0.3) is 0 Å². The molecule has 0 bridgehead atoms. The van der Waals surface area contributed by atoms with Crippen molar-refractivity contribution in [3.05, 3.63) is 40.8 Å². The normalized spacial score (nSPS) is 10.2. The largest absolute Gasteiger partial charge is 0.375 e. The zero-order chi connectivity index (χ0) is 15.1. The molecule has 0 aliphatic heterocycles. The Bertz CT molecular complexity index is 571. The van der Waals surface area contributed by atoms with Gasteiger partial charge in [0.05, 0.1) is 11.2 Å². The summed E-state index contributed by atoms with van der Waals surface area (Å²) in [6.45, 7) is 3.58. The van der Waals surface area contributed by atoms with Crippen LogP contribution < -0.4 is 15.5 Å². The standard InChI is InChI=1S/C15H20N4OS/c1-3-19(2)14-6-4-5-12(9-14)18-15(20)16-8-7-13-10-21-11-17-13/h4-6,9-11H,3,7-8H2,1-2H3,(H2,16,18,20). The second kappa shape index (κ2) is 7.64. The van der Waals surface area contributed by atoms with Gasteiger partial charge in [-0.1, -0.05) is 6.07 Å². The summed E-state index contributed by atoms with van der Waals surface area (Å²) in [6, 6.07) is 7.61. The van der Waals surface area contributed by atoms with Gasteiger partial charge in [-0.2, -0.15) is 0 Å². The molecule has 0 spiro atoms. The molecule has 2 aromatic rings. The minimum absolute atomic E-state index is 0.193. The first-order chi connectivity index (χ1) is 10.2. The molecule has 0 fully saturated rings. The number of hydrogen-bond acceptors (Lipinski definition) is 4. The number of carbonyl (C=O) groups excluding carboxylic acids is 1. The molecular weight excluding hydrogens is 284 g/mol. The minimum atomic E-state index is -0.193. The van der Waals surface area contributed by atoms with E-state index < -0.39 is 0 Å². The Morgan fingerprint density at radius 2 is 2.29 bits per heavy atom. The van der Waals surface area contributed by atoms with Crippen LogP contribution in [-0.4, -0.2) is 31.2 Å². The van der Waals surface area contributed by atoms with Crippen molar-refractivity contribution in [3.63, 3.8) is 0 Å². The van der Waals surface area contributed by atoms with E-state index in [0.29, 0.717) is 6.54 Å². The number of thiazole rings is 1. The van der Waals surface area contributed by atoms with Crippen molar-refractivity contribution in [3.8, 4) is 0 Å². The molecule has 2 N–H and O–H groups in total. The minimum Gasteiger partial charge on any atom is -0.375 e. The molecule has 2 rings (SSSR count). The van der Waals surface area contributed by atoms with Crippen LogP contribution in [0.4, 0.5) is 16.2 Å². The Balaban J connectivity index is 1.82. The highest BCUT2D eigenvalue weighted by Crippen LogP contribution is 2.17. The van der Waals surface area contributed by atoms with Crippen molar-refractivity contribution in [2.75, 3.05) is 30.4 Å². The average Bonchev–Trinajstić information content (AvgIpc) is 3.00. The predicted octanol–water partition coefficient (Wildman–Crippen LogP) is 2.96. The third-order valence-corrected chi connectivity index (χ3v) is 3.80. The van der Waals surface area contributed by atoms with Gasteiger partial charge < -0.3 is 15.5 Å². The summed E-state index contributed by atoms with van der Waals surface area (Å²) >= 11 is 1.56. The lowest BCUT2D eigenvalue weighted by Gasteiger charge is -2.17. The first-order valence-corrected chi connectivity index (χ1v) is 7.86. The summed E-state index contributed by atoms with van der Waals surface area (Å²) in [6.07, 6.45) is 0.746. The Labute approximate surface area is 129 Å². The van der Waals surface area contributed by atoms with Crippen LogP contribution in [-0.2, 0) is 6.42 Å². The fourth-order valence-electron chi connectivity index (χ4n) is 1.84. The maximum absolute atomic E-state index is 11.8. The van der Waals surface area contributed by atoms with Crippen LogP contribution in [0.15, 0.2) is 35.2 Å². The lowest BCUT2D eigenvalue weighted by Crippen LogP contribution is -2.30. The fraction of sp³-hybridized carbons (Fsp3) is 0.333. The maximum Gasteiger partial charge on any atom is 0.319 e. The SMILES string of the molecule is CCN(C)c1cccc(NC(=O)NCCc2cscn2)c1. The molecule has 0 unspecified atom stereocenters. The lowest BCUT2D eigenvalue weighted by molar-refractivity contribution is 0.252. The third kappa shape index (κ3) is 4.75. The highest BCUT2D eigenvalue weighted by atomic mass is 32.1. The van der Waals surface area contributed by atoms with Gasteiger partial charge in [-0.15, -0.1) is 11.3 Å². The number of aromatic nitrogens is 1. The van der Waals surface area contributed by atoms with Crippen LogP contribution in [0.1, 0.15) is 12.6 Å². The van der Waals surface area contributed by atoms with E-state index in [1.54, 1.807) is 16.8 Å². The number of urea groups is 1. The zero-order valence-corrected chi connectivity index (χ0v) is 13.1. The van der Waals surface area contributed by atoms with Crippen LogP contribution in [0.5, 0.6) is 0 Å². The van der Waals surface area contributed by atoms with Crippen molar-refractivity contribution in [1.29, 1.82) is 0 Å². The zero-order valence-electron chi connectivity index (χ0n) is 12.3. The van der Waals surface area contributed by atoms with E-state index in [9.17, 15) is 4.79 Å². The third-order valence-electron chi connectivity index (χ3n) is 3.17. The van der Waals surface area contributed by atoms with E-state index in [4.69, 9.17) is 0 Å². The van der Waals surface area contributed by atoms with Crippen molar-refractivity contribution >= 4 is 28.7 Å². The number of benzene rings is 1. The van der Waals surface area contributed by atoms with Gasteiger partial charge in [0, 0.05) is 43.3 Å². The number of carbonyl (C=O) groups is 1. The second-order valence-electron chi connectivity index (χ2n) is 4.68. The summed E-state index contributed by atoms with van der Waals surface area (Å²) in [5, 5.41) is 7.67. The molecule has 112 valence electrons. The molecule has 1 heterocycles. The summed E-state index contributed by atoms with van der Waals surface area (Å²) in [4.78, 5) is 18.1. The Morgan fingerprint density at radius 3 is 3.00 bits per heavy atom. The molecule has 5 nitrogen and oxygen atoms in total. The lowest BCUT2D eigenvalue weighted by atomic mass is 10.2. The summed E-state index contributed by atoms with van der Waals surface area (Å²) in [5.74, 6) is 0.